The molecule has 106 valence electrons. The number of rotatable bonds is 3. The fourth-order valence-corrected chi connectivity index (χ4v) is 2.77. The number of benzene rings is 2. The third-order valence-electron chi connectivity index (χ3n) is 3.48. The maximum atomic E-state index is 11.9. The summed E-state index contributed by atoms with van der Waals surface area (Å²) in [5, 5.41) is 3.27. The van der Waals surface area contributed by atoms with Crippen molar-refractivity contribution in [2.45, 2.75) is 6.54 Å². The summed E-state index contributed by atoms with van der Waals surface area (Å²) in [7, 11) is 1.50. The van der Waals surface area contributed by atoms with Gasteiger partial charge in [0.2, 0.25) is 0 Å². The molecule has 5 heteroatoms. The molecule has 0 unspecified atom stereocenters. The van der Waals surface area contributed by atoms with Crippen LogP contribution in [-0.2, 0) is 6.54 Å². The van der Waals surface area contributed by atoms with E-state index in [0.29, 0.717) is 17.7 Å². The van der Waals surface area contributed by atoms with E-state index in [1.165, 1.54) is 7.05 Å². The number of carbonyl (C=O) groups is 2. The maximum absolute atomic E-state index is 11.9. The SMILES string of the molecule is CN1C(=O)c2ccc(NCc3cccc(Br)c3)cc2C1=O. The zero-order valence-electron chi connectivity index (χ0n) is 11.4. The largest absolute Gasteiger partial charge is 0.381 e. The van der Waals surface area contributed by atoms with Crippen molar-refractivity contribution in [3.05, 3.63) is 63.6 Å². The Morgan fingerprint density at radius 1 is 1.05 bits per heavy atom. The first-order valence-electron chi connectivity index (χ1n) is 6.51. The Balaban J connectivity index is 1.80. The van der Waals surface area contributed by atoms with Gasteiger partial charge >= 0.3 is 0 Å². The Bertz CT molecular complexity index is 743. The van der Waals surface area contributed by atoms with Gasteiger partial charge in [-0.1, -0.05) is 28.1 Å². The molecule has 1 aliphatic heterocycles. The molecule has 0 spiro atoms. The molecule has 1 N–H and O–H groups in total. The number of halogens is 1. The summed E-state index contributed by atoms with van der Waals surface area (Å²) >= 11 is 3.43. The summed E-state index contributed by atoms with van der Waals surface area (Å²) in [6, 6.07) is 13.2. The van der Waals surface area contributed by atoms with Crippen molar-refractivity contribution < 1.29 is 9.59 Å². The summed E-state index contributed by atoms with van der Waals surface area (Å²) < 4.78 is 1.03. The van der Waals surface area contributed by atoms with Gasteiger partial charge in [0.1, 0.15) is 0 Å². The number of nitrogens with zero attached hydrogens (tertiary/aromatic N) is 1. The van der Waals surface area contributed by atoms with Crippen molar-refractivity contribution in [2.75, 3.05) is 12.4 Å². The first-order valence-corrected chi connectivity index (χ1v) is 7.30. The first kappa shape index (κ1) is 13.8. The Morgan fingerprint density at radius 2 is 1.81 bits per heavy atom. The van der Waals surface area contributed by atoms with Crippen molar-refractivity contribution in [3.63, 3.8) is 0 Å². The van der Waals surface area contributed by atoms with Crippen LogP contribution >= 0.6 is 15.9 Å². The van der Waals surface area contributed by atoms with Crippen molar-refractivity contribution in [3.8, 4) is 0 Å². The molecule has 4 nitrogen and oxygen atoms in total. The van der Waals surface area contributed by atoms with E-state index in [4.69, 9.17) is 0 Å². The van der Waals surface area contributed by atoms with Gasteiger partial charge in [-0.25, -0.2) is 0 Å². The summed E-state index contributed by atoms with van der Waals surface area (Å²) in [5.41, 5.74) is 2.88. The number of carbonyl (C=O) groups excluding carboxylic acids is 2. The van der Waals surface area contributed by atoms with Crippen molar-refractivity contribution in [1.29, 1.82) is 0 Å². The molecule has 2 aromatic rings. The standard InChI is InChI=1S/C16H13BrN2O2/c1-19-15(20)13-6-5-12(8-14(13)16(19)21)18-9-10-3-2-4-11(17)7-10/h2-8,18H,9H2,1H3. The lowest BCUT2D eigenvalue weighted by molar-refractivity contribution is 0.0693. The molecular formula is C16H13BrN2O2. The molecule has 1 heterocycles. The predicted octanol–water partition coefficient (Wildman–Crippen LogP) is 3.29. The number of amides is 2. The topological polar surface area (TPSA) is 49.4 Å². The van der Waals surface area contributed by atoms with Gasteiger partial charge in [-0.15, -0.1) is 0 Å². The summed E-state index contributed by atoms with van der Waals surface area (Å²) in [6.07, 6.45) is 0. The van der Waals surface area contributed by atoms with Crippen LogP contribution in [0.1, 0.15) is 26.3 Å². The minimum atomic E-state index is -0.249. The summed E-state index contributed by atoms with van der Waals surface area (Å²) in [4.78, 5) is 24.9. The van der Waals surface area contributed by atoms with Crippen LogP contribution in [-0.4, -0.2) is 23.8 Å². The minimum Gasteiger partial charge on any atom is -0.381 e. The monoisotopic (exact) mass is 344 g/mol. The van der Waals surface area contributed by atoms with Crippen LogP contribution in [0.2, 0.25) is 0 Å². The zero-order chi connectivity index (χ0) is 15.0. The number of hydrogen-bond acceptors (Lipinski definition) is 3. The van der Waals surface area contributed by atoms with Crippen LogP contribution < -0.4 is 5.32 Å². The Kier molecular flexibility index (Phi) is 3.51. The van der Waals surface area contributed by atoms with Crippen molar-refractivity contribution in [2.24, 2.45) is 0 Å². The van der Waals surface area contributed by atoms with Gasteiger partial charge in [-0.3, -0.25) is 14.5 Å². The van der Waals surface area contributed by atoms with Gasteiger partial charge in [0, 0.05) is 23.8 Å². The third kappa shape index (κ3) is 2.56. The quantitative estimate of drug-likeness (QED) is 0.869. The van der Waals surface area contributed by atoms with Crippen molar-refractivity contribution in [1.82, 2.24) is 4.90 Å². The smallest absolute Gasteiger partial charge is 0.261 e. The molecular weight excluding hydrogens is 332 g/mol. The maximum Gasteiger partial charge on any atom is 0.261 e. The van der Waals surface area contributed by atoms with E-state index in [0.717, 1.165) is 20.6 Å². The van der Waals surface area contributed by atoms with E-state index < -0.39 is 0 Å². The van der Waals surface area contributed by atoms with Gasteiger partial charge in [-0.2, -0.15) is 0 Å². The molecule has 1 aliphatic rings. The van der Waals surface area contributed by atoms with E-state index in [2.05, 4.69) is 21.2 Å². The highest BCUT2D eigenvalue weighted by atomic mass is 79.9. The molecule has 0 bridgehead atoms. The Morgan fingerprint density at radius 3 is 2.57 bits per heavy atom. The average Bonchev–Trinajstić information content (AvgIpc) is 2.70. The van der Waals surface area contributed by atoms with Crippen molar-refractivity contribution >= 4 is 33.4 Å². The number of imide groups is 1. The molecule has 0 saturated heterocycles. The van der Waals surface area contributed by atoms with E-state index >= 15 is 0 Å². The number of fused-ring (bicyclic) bond motifs is 1. The van der Waals surface area contributed by atoms with E-state index in [1.54, 1.807) is 12.1 Å². The highest BCUT2D eigenvalue weighted by Crippen LogP contribution is 2.25. The predicted molar refractivity (Wildman–Crippen MR) is 84.3 cm³/mol. The molecule has 0 aliphatic carbocycles. The molecule has 21 heavy (non-hydrogen) atoms. The van der Waals surface area contributed by atoms with E-state index in [1.807, 2.05) is 30.3 Å². The molecule has 0 aromatic heterocycles. The molecule has 2 amide bonds. The second kappa shape index (κ2) is 5.33. The molecule has 3 rings (SSSR count). The molecule has 0 radical (unpaired) electrons. The van der Waals surface area contributed by atoms with Crippen LogP contribution in [0.4, 0.5) is 5.69 Å². The van der Waals surface area contributed by atoms with Crippen LogP contribution in [0.5, 0.6) is 0 Å². The number of anilines is 1. The summed E-state index contributed by atoms with van der Waals surface area (Å²) in [6.45, 7) is 0.649. The van der Waals surface area contributed by atoms with E-state index in [-0.39, 0.29) is 11.8 Å². The average molecular weight is 345 g/mol. The number of hydrogen-bond donors (Lipinski definition) is 1. The summed E-state index contributed by atoms with van der Waals surface area (Å²) in [5.74, 6) is -0.491. The minimum absolute atomic E-state index is 0.242. The second-order valence-corrected chi connectivity index (χ2v) is 5.83. The van der Waals surface area contributed by atoms with Gasteiger partial charge < -0.3 is 5.32 Å². The van der Waals surface area contributed by atoms with Gasteiger partial charge in [0.05, 0.1) is 11.1 Å². The Hall–Kier alpha value is -2.14. The molecule has 0 saturated carbocycles. The lowest BCUT2D eigenvalue weighted by Crippen LogP contribution is -2.24. The van der Waals surface area contributed by atoms with Crippen LogP contribution in [0, 0.1) is 0 Å². The highest BCUT2D eigenvalue weighted by molar-refractivity contribution is 9.10. The highest BCUT2D eigenvalue weighted by Gasteiger charge is 2.32. The van der Waals surface area contributed by atoms with Crippen LogP contribution in [0.25, 0.3) is 0 Å². The fraction of sp³-hybridized carbons (Fsp3) is 0.125. The normalized spacial score (nSPS) is 13.5. The van der Waals surface area contributed by atoms with Crippen LogP contribution in [0.3, 0.4) is 0 Å². The molecule has 0 atom stereocenters. The first-order chi connectivity index (χ1) is 10.1. The lowest BCUT2D eigenvalue weighted by atomic mass is 10.1. The third-order valence-corrected chi connectivity index (χ3v) is 3.97. The van der Waals surface area contributed by atoms with Gasteiger partial charge in [-0.05, 0) is 35.9 Å². The molecule has 2 aromatic carbocycles. The zero-order valence-corrected chi connectivity index (χ0v) is 13.0. The number of nitrogens with one attached hydrogen (secondary N) is 1. The second-order valence-electron chi connectivity index (χ2n) is 4.91. The van der Waals surface area contributed by atoms with E-state index in [9.17, 15) is 9.59 Å². The van der Waals surface area contributed by atoms with Crippen LogP contribution in [0.15, 0.2) is 46.9 Å². The molecule has 0 fully saturated rings. The van der Waals surface area contributed by atoms with Gasteiger partial charge in [0.15, 0.2) is 0 Å². The fourth-order valence-electron chi connectivity index (χ4n) is 2.32. The Labute approximate surface area is 130 Å². The van der Waals surface area contributed by atoms with Gasteiger partial charge in [0.25, 0.3) is 11.8 Å². The lowest BCUT2D eigenvalue weighted by Gasteiger charge is -2.08.